The number of hydrogen-bond acceptors (Lipinski definition) is 10. The van der Waals surface area contributed by atoms with Gasteiger partial charge in [-0.05, 0) is 45.2 Å². The molecule has 5 atom stereocenters. The molecule has 2 fully saturated rings. The Kier molecular flexibility index (Phi) is 10.2. The van der Waals surface area contributed by atoms with Crippen molar-refractivity contribution < 1.29 is 42.1 Å². The molecule has 3 aliphatic heterocycles. The fourth-order valence-corrected chi connectivity index (χ4v) is 6.59. The second-order valence-corrected chi connectivity index (χ2v) is 12.8. The minimum Gasteiger partial charge on any atom is -0.464 e. The third kappa shape index (κ3) is 7.42. The predicted molar refractivity (Wildman–Crippen MR) is 154 cm³/mol. The lowest BCUT2D eigenvalue weighted by Gasteiger charge is -2.37. The molecule has 0 spiro atoms. The molecular formula is C29H42N3O9P. The molecule has 1 aromatic carbocycles. The molecule has 4 rings (SSSR count). The maximum Gasteiger partial charge on any atom is 0.459 e. The van der Waals surface area contributed by atoms with E-state index >= 15 is 0 Å². The number of rotatable bonds is 14. The lowest BCUT2D eigenvalue weighted by Crippen LogP contribution is -2.53. The highest BCUT2D eigenvalue weighted by Gasteiger charge is 2.64. The summed E-state index contributed by atoms with van der Waals surface area (Å²) < 4.78 is 49.9. The summed E-state index contributed by atoms with van der Waals surface area (Å²) in [6, 6.07) is 7.53. The molecule has 3 heterocycles. The van der Waals surface area contributed by atoms with E-state index in [2.05, 4.69) is 5.09 Å². The predicted octanol–water partition coefficient (Wildman–Crippen LogP) is 3.98. The first-order valence-electron chi connectivity index (χ1n) is 14.3. The lowest BCUT2D eigenvalue weighted by molar-refractivity contribution is -0.208. The Balaban J connectivity index is 1.50. The number of para-hydroxylation sites is 1. The van der Waals surface area contributed by atoms with E-state index in [1.807, 2.05) is 13.8 Å². The van der Waals surface area contributed by atoms with Crippen LogP contribution in [0.5, 0.6) is 5.75 Å². The highest BCUT2D eigenvalue weighted by molar-refractivity contribution is 7.52. The van der Waals surface area contributed by atoms with Crippen LogP contribution in [0.4, 0.5) is 0 Å². The number of hydrogen-bond donors (Lipinski definition) is 2. The molecule has 2 saturated heterocycles. The smallest absolute Gasteiger partial charge is 0.459 e. The van der Waals surface area contributed by atoms with Crippen molar-refractivity contribution in [2.45, 2.75) is 83.6 Å². The molecule has 232 valence electrons. The zero-order chi connectivity index (χ0) is 30.5. The Morgan fingerprint density at radius 1 is 1.21 bits per heavy atom. The van der Waals surface area contributed by atoms with Gasteiger partial charge in [0, 0.05) is 18.0 Å². The van der Waals surface area contributed by atoms with Crippen molar-refractivity contribution in [1.29, 1.82) is 0 Å². The molecule has 3 N–H and O–H groups in total. The van der Waals surface area contributed by atoms with Gasteiger partial charge in [-0.2, -0.15) is 5.09 Å². The standard InChI is InChI=1S/C29H42N3O9P/c1-6-21(7-2)17-36-27(34)20(3)31-42(35,40-23-13-9-8-10-14-23)38-18-24-25-29(19-37-24,41-28(4,5)39-25)32-15-11-12-22(16-32)26(30)33/h8-11,13-16,20-21,24-25H,6-7,12,17-19H2,1-5H3,(H2,30,33)(H,31,35)/t20?,24?,25-,29-,42?/m1/s1. The Morgan fingerprint density at radius 3 is 2.60 bits per heavy atom. The molecule has 42 heavy (non-hydrogen) atoms. The van der Waals surface area contributed by atoms with Crippen LogP contribution in [-0.2, 0) is 37.6 Å². The fraction of sp³-hybridized carbons (Fsp3) is 0.586. The number of allylic oxidation sites excluding steroid dienone is 1. The normalized spacial score (nSPS) is 26.8. The molecule has 0 aliphatic carbocycles. The molecule has 1 aromatic rings. The number of fused-ring (bicyclic) bond motifs is 1. The largest absolute Gasteiger partial charge is 0.464 e. The number of carbonyl (C=O) groups is 2. The SMILES string of the molecule is CCC(CC)COC(=O)C(C)NP(=O)(OCC1OC[C@@]2(N3C=CCC(C(N)=O)=C3)OC(C)(C)O[C@H]12)Oc1ccccc1. The van der Waals surface area contributed by atoms with Crippen LogP contribution in [0.25, 0.3) is 0 Å². The molecule has 0 aromatic heterocycles. The molecule has 3 aliphatic rings. The van der Waals surface area contributed by atoms with Crippen molar-refractivity contribution >= 4 is 19.6 Å². The first-order valence-corrected chi connectivity index (χ1v) is 15.8. The molecule has 0 bridgehead atoms. The lowest BCUT2D eigenvalue weighted by atomic mass is 10.0. The van der Waals surface area contributed by atoms with Crippen LogP contribution in [0.3, 0.4) is 0 Å². The minimum atomic E-state index is -4.14. The number of esters is 1. The van der Waals surface area contributed by atoms with Crippen LogP contribution in [-0.4, -0.2) is 66.4 Å². The summed E-state index contributed by atoms with van der Waals surface area (Å²) in [5, 5.41) is 2.72. The maximum absolute atomic E-state index is 14.1. The number of nitrogens with one attached hydrogen (secondary N) is 1. The van der Waals surface area contributed by atoms with E-state index in [1.165, 1.54) is 0 Å². The monoisotopic (exact) mass is 607 g/mol. The summed E-state index contributed by atoms with van der Waals surface area (Å²) >= 11 is 0. The molecule has 1 amide bonds. The first kappa shape index (κ1) is 32.2. The number of primary amides is 1. The summed E-state index contributed by atoms with van der Waals surface area (Å²) in [5.74, 6) is -1.56. The van der Waals surface area contributed by atoms with Gasteiger partial charge in [0.25, 0.3) is 0 Å². The van der Waals surface area contributed by atoms with Gasteiger partial charge in [0.1, 0.15) is 24.0 Å². The highest BCUT2D eigenvalue weighted by atomic mass is 31.2. The Labute approximate surface area is 247 Å². The van der Waals surface area contributed by atoms with Crippen molar-refractivity contribution in [3.63, 3.8) is 0 Å². The summed E-state index contributed by atoms with van der Waals surface area (Å²) in [5.41, 5.74) is 4.82. The molecule has 0 saturated carbocycles. The average Bonchev–Trinajstić information content (AvgIpc) is 3.43. The number of amides is 1. The van der Waals surface area contributed by atoms with Crippen molar-refractivity contribution in [3.05, 3.63) is 54.4 Å². The molecular weight excluding hydrogens is 565 g/mol. The van der Waals surface area contributed by atoms with E-state index in [0.717, 1.165) is 12.8 Å². The Hall–Kier alpha value is -2.73. The summed E-state index contributed by atoms with van der Waals surface area (Å²) in [6.45, 7) is 9.28. The first-order chi connectivity index (χ1) is 19.9. The van der Waals surface area contributed by atoms with E-state index in [1.54, 1.807) is 74.5 Å². The number of benzene rings is 1. The van der Waals surface area contributed by atoms with E-state index in [0.29, 0.717) is 12.0 Å². The van der Waals surface area contributed by atoms with Crippen LogP contribution in [0.2, 0.25) is 0 Å². The zero-order valence-electron chi connectivity index (χ0n) is 24.8. The van der Waals surface area contributed by atoms with Gasteiger partial charge in [-0.25, -0.2) is 4.57 Å². The molecule has 13 heteroatoms. The van der Waals surface area contributed by atoms with Gasteiger partial charge in [0.2, 0.25) is 5.91 Å². The van der Waals surface area contributed by atoms with Gasteiger partial charge in [-0.1, -0.05) is 51.0 Å². The van der Waals surface area contributed by atoms with Crippen LogP contribution in [0.15, 0.2) is 54.4 Å². The van der Waals surface area contributed by atoms with Gasteiger partial charge in [-0.3, -0.25) is 14.1 Å². The van der Waals surface area contributed by atoms with Crippen LogP contribution in [0, 0.1) is 5.92 Å². The molecule has 3 unspecified atom stereocenters. The zero-order valence-corrected chi connectivity index (χ0v) is 25.7. The van der Waals surface area contributed by atoms with Gasteiger partial charge in [0.05, 0.1) is 19.8 Å². The van der Waals surface area contributed by atoms with Gasteiger partial charge in [-0.15, -0.1) is 0 Å². The fourth-order valence-electron chi connectivity index (χ4n) is 5.08. The Bertz CT molecular complexity index is 1220. The second-order valence-electron chi connectivity index (χ2n) is 11.1. The van der Waals surface area contributed by atoms with Crippen molar-refractivity contribution in [2.75, 3.05) is 19.8 Å². The number of nitrogens with zero attached hydrogens (tertiary/aromatic N) is 1. The summed E-state index contributed by atoms with van der Waals surface area (Å²) in [7, 11) is -4.14. The summed E-state index contributed by atoms with van der Waals surface area (Å²) in [4.78, 5) is 26.4. The van der Waals surface area contributed by atoms with Crippen LogP contribution in [0.1, 0.15) is 53.9 Å². The van der Waals surface area contributed by atoms with Crippen molar-refractivity contribution in [3.8, 4) is 5.75 Å². The molecule has 0 radical (unpaired) electrons. The number of ether oxygens (including phenoxy) is 4. The van der Waals surface area contributed by atoms with Gasteiger partial charge < -0.3 is 34.1 Å². The average molecular weight is 608 g/mol. The van der Waals surface area contributed by atoms with Crippen LogP contribution >= 0.6 is 7.75 Å². The highest BCUT2D eigenvalue weighted by Crippen LogP contribution is 2.49. The topological polar surface area (TPSA) is 148 Å². The van der Waals surface area contributed by atoms with E-state index in [9.17, 15) is 14.2 Å². The minimum absolute atomic E-state index is 0.0675. The quantitative estimate of drug-likeness (QED) is 0.234. The molecule has 12 nitrogen and oxygen atoms in total. The third-order valence-corrected chi connectivity index (χ3v) is 9.11. The Morgan fingerprint density at radius 2 is 1.93 bits per heavy atom. The van der Waals surface area contributed by atoms with Gasteiger partial charge >= 0.3 is 13.7 Å². The van der Waals surface area contributed by atoms with Crippen molar-refractivity contribution in [1.82, 2.24) is 9.99 Å². The summed E-state index contributed by atoms with van der Waals surface area (Å²) in [6.07, 6.45) is 5.94. The second kappa shape index (κ2) is 13.3. The van der Waals surface area contributed by atoms with E-state index in [-0.39, 0.29) is 31.5 Å². The van der Waals surface area contributed by atoms with E-state index < -0.39 is 49.4 Å². The van der Waals surface area contributed by atoms with E-state index in [4.69, 9.17) is 33.7 Å². The number of carbonyl (C=O) groups excluding carboxylic acids is 2. The van der Waals surface area contributed by atoms with Gasteiger partial charge in [0.15, 0.2) is 11.5 Å². The van der Waals surface area contributed by atoms with Crippen molar-refractivity contribution in [2.24, 2.45) is 11.7 Å². The maximum atomic E-state index is 14.1. The third-order valence-electron chi connectivity index (χ3n) is 7.47. The van der Waals surface area contributed by atoms with Crippen LogP contribution < -0.4 is 15.3 Å². The number of nitrogens with two attached hydrogens (primary N) is 1.